The summed E-state index contributed by atoms with van der Waals surface area (Å²) in [5.41, 5.74) is 2.60. The summed E-state index contributed by atoms with van der Waals surface area (Å²) < 4.78 is 0. The van der Waals surface area contributed by atoms with E-state index in [1.54, 1.807) is 0 Å². The second kappa shape index (κ2) is 7.25. The van der Waals surface area contributed by atoms with E-state index in [1.165, 1.54) is 11.1 Å². The van der Waals surface area contributed by atoms with Gasteiger partial charge in [-0.1, -0.05) is 31.2 Å². The molecule has 1 amide bonds. The Morgan fingerprint density at radius 3 is 2.64 bits per heavy atom. The Hall–Kier alpha value is -1.39. The van der Waals surface area contributed by atoms with Crippen molar-refractivity contribution in [2.75, 3.05) is 32.7 Å². The van der Waals surface area contributed by atoms with Crippen LogP contribution in [0.2, 0.25) is 0 Å². The molecule has 0 aromatic heterocycles. The van der Waals surface area contributed by atoms with E-state index in [1.807, 2.05) is 0 Å². The van der Waals surface area contributed by atoms with Crippen LogP contribution in [0, 0.1) is 5.92 Å². The van der Waals surface area contributed by atoms with Crippen LogP contribution in [0.15, 0.2) is 24.3 Å². The van der Waals surface area contributed by atoms with Crippen LogP contribution in [-0.4, -0.2) is 43.5 Å². The molecule has 2 saturated heterocycles. The topological polar surface area (TPSA) is 44.4 Å². The molecule has 0 aliphatic carbocycles. The molecule has 120 valence electrons. The minimum Gasteiger partial charge on any atom is -0.333 e. The molecule has 3 rings (SSSR count). The van der Waals surface area contributed by atoms with Crippen molar-refractivity contribution >= 4 is 5.91 Å². The fraction of sp³-hybridized carbons (Fsp3) is 0.611. The first-order valence-electron chi connectivity index (χ1n) is 8.60. The van der Waals surface area contributed by atoms with E-state index in [2.05, 4.69) is 46.7 Å². The molecule has 1 aromatic carbocycles. The molecule has 0 spiro atoms. The predicted molar refractivity (Wildman–Crippen MR) is 88.7 cm³/mol. The lowest BCUT2D eigenvalue weighted by molar-refractivity contribution is -0.139. The molecule has 2 heterocycles. The third-order valence-electron chi connectivity index (χ3n) is 4.95. The van der Waals surface area contributed by atoms with Crippen LogP contribution in [-0.2, 0) is 11.2 Å². The number of nitrogens with zero attached hydrogens (tertiary/aromatic N) is 1. The Morgan fingerprint density at radius 1 is 1.18 bits per heavy atom. The minimum absolute atomic E-state index is 0.157. The highest BCUT2D eigenvalue weighted by molar-refractivity contribution is 5.80. The number of piperazine rings is 1. The zero-order valence-corrected chi connectivity index (χ0v) is 13.5. The summed E-state index contributed by atoms with van der Waals surface area (Å²) in [6, 6.07) is 8.93. The van der Waals surface area contributed by atoms with Crippen molar-refractivity contribution in [1.29, 1.82) is 0 Å². The van der Waals surface area contributed by atoms with E-state index in [9.17, 15) is 4.79 Å². The Kier molecular flexibility index (Phi) is 5.11. The lowest BCUT2D eigenvalue weighted by atomic mass is 9.95. The third-order valence-corrected chi connectivity index (χ3v) is 4.95. The van der Waals surface area contributed by atoms with Crippen molar-refractivity contribution in [3.8, 4) is 0 Å². The molecular formula is C18H27N3O. The van der Waals surface area contributed by atoms with E-state index < -0.39 is 0 Å². The molecule has 0 radical (unpaired) electrons. The lowest BCUT2D eigenvalue weighted by Crippen LogP contribution is -2.52. The third kappa shape index (κ3) is 3.33. The molecule has 4 nitrogen and oxygen atoms in total. The zero-order chi connectivity index (χ0) is 15.4. The van der Waals surface area contributed by atoms with Gasteiger partial charge >= 0.3 is 0 Å². The Balaban J connectivity index is 1.76. The summed E-state index contributed by atoms with van der Waals surface area (Å²) >= 11 is 0. The molecule has 0 bridgehead atoms. The molecule has 22 heavy (non-hydrogen) atoms. The van der Waals surface area contributed by atoms with Crippen LogP contribution < -0.4 is 10.6 Å². The van der Waals surface area contributed by atoms with Crippen LogP contribution in [0.1, 0.15) is 36.9 Å². The number of piperidine rings is 1. The fourth-order valence-corrected chi connectivity index (χ4v) is 3.54. The molecule has 0 saturated carbocycles. The van der Waals surface area contributed by atoms with Crippen LogP contribution >= 0.6 is 0 Å². The molecule has 2 atom stereocenters. The van der Waals surface area contributed by atoms with Gasteiger partial charge in [0.15, 0.2) is 0 Å². The average Bonchev–Trinajstić information content (AvgIpc) is 2.62. The van der Waals surface area contributed by atoms with E-state index in [4.69, 9.17) is 0 Å². The summed E-state index contributed by atoms with van der Waals surface area (Å²) in [4.78, 5) is 15.0. The van der Waals surface area contributed by atoms with Gasteiger partial charge in [0.25, 0.3) is 0 Å². The molecule has 2 N–H and O–H groups in total. The first kappa shape index (κ1) is 15.5. The smallest absolute Gasteiger partial charge is 0.227 e. The average molecular weight is 301 g/mol. The molecule has 2 fully saturated rings. The normalized spacial score (nSPS) is 26.0. The van der Waals surface area contributed by atoms with Crippen molar-refractivity contribution in [3.63, 3.8) is 0 Å². The van der Waals surface area contributed by atoms with Crippen molar-refractivity contribution in [1.82, 2.24) is 15.5 Å². The summed E-state index contributed by atoms with van der Waals surface area (Å²) in [5.74, 6) is 0.488. The van der Waals surface area contributed by atoms with Crippen molar-refractivity contribution in [2.24, 2.45) is 5.92 Å². The van der Waals surface area contributed by atoms with Gasteiger partial charge in [-0.2, -0.15) is 0 Å². The maximum atomic E-state index is 12.9. The van der Waals surface area contributed by atoms with Gasteiger partial charge in [0.05, 0.1) is 12.0 Å². The first-order chi connectivity index (χ1) is 10.8. The Bertz CT molecular complexity index is 494. The summed E-state index contributed by atoms with van der Waals surface area (Å²) in [7, 11) is 0. The maximum Gasteiger partial charge on any atom is 0.227 e. The second-order valence-electron chi connectivity index (χ2n) is 6.39. The van der Waals surface area contributed by atoms with Crippen LogP contribution in [0.4, 0.5) is 0 Å². The highest BCUT2D eigenvalue weighted by atomic mass is 16.2. The SMILES string of the molecule is CCc1ccc(C2CNCCN2C(=O)C2CCCNC2)cc1. The predicted octanol–water partition coefficient (Wildman–Crippen LogP) is 1.72. The standard InChI is InChI=1S/C18H27N3O/c1-2-14-5-7-15(8-6-14)17-13-20-10-11-21(17)18(22)16-4-3-9-19-12-16/h5-8,16-17,19-20H,2-4,9-13H2,1H3. The van der Waals surface area contributed by atoms with Crippen molar-refractivity contribution in [3.05, 3.63) is 35.4 Å². The van der Waals surface area contributed by atoms with Gasteiger partial charge in [-0.25, -0.2) is 0 Å². The van der Waals surface area contributed by atoms with E-state index in [0.717, 1.165) is 52.0 Å². The van der Waals surface area contributed by atoms with Crippen molar-refractivity contribution in [2.45, 2.75) is 32.2 Å². The number of hydrogen-bond donors (Lipinski definition) is 2. The Labute approximate surface area is 133 Å². The number of hydrogen-bond acceptors (Lipinski definition) is 3. The monoisotopic (exact) mass is 301 g/mol. The quantitative estimate of drug-likeness (QED) is 0.893. The number of carbonyl (C=O) groups excluding carboxylic acids is 1. The molecule has 2 unspecified atom stereocenters. The highest BCUT2D eigenvalue weighted by Gasteiger charge is 2.32. The summed E-state index contributed by atoms with van der Waals surface area (Å²) in [6.45, 7) is 6.63. The van der Waals surface area contributed by atoms with Crippen molar-refractivity contribution < 1.29 is 4.79 Å². The van der Waals surface area contributed by atoms with Crippen LogP contribution in [0.3, 0.4) is 0 Å². The van der Waals surface area contributed by atoms with Gasteiger partial charge in [-0.15, -0.1) is 0 Å². The lowest BCUT2D eigenvalue weighted by Gasteiger charge is -2.39. The molecular weight excluding hydrogens is 274 g/mol. The summed E-state index contributed by atoms with van der Waals surface area (Å²) in [6.07, 6.45) is 3.19. The zero-order valence-electron chi connectivity index (χ0n) is 13.5. The van der Waals surface area contributed by atoms with Gasteiger partial charge in [0, 0.05) is 26.2 Å². The minimum atomic E-state index is 0.157. The fourth-order valence-electron chi connectivity index (χ4n) is 3.54. The van der Waals surface area contributed by atoms with Gasteiger partial charge in [0.2, 0.25) is 5.91 Å². The molecule has 1 aromatic rings. The number of rotatable bonds is 3. The van der Waals surface area contributed by atoms with Gasteiger partial charge in [-0.05, 0) is 36.9 Å². The van der Waals surface area contributed by atoms with Crippen LogP contribution in [0.25, 0.3) is 0 Å². The number of aryl methyl sites for hydroxylation is 1. The number of nitrogens with one attached hydrogen (secondary N) is 2. The Morgan fingerprint density at radius 2 is 1.95 bits per heavy atom. The van der Waals surface area contributed by atoms with Gasteiger partial charge in [-0.3, -0.25) is 4.79 Å². The number of carbonyl (C=O) groups is 1. The van der Waals surface area contributed by atoms with E-state index in [0.29, 0.717) is 5.91 Å². The van der Waals surface area contributed by atoms with E-state index >= 15 is 0 Å². The van der Waals surface area contributed by atoms with Crippen LogP contribution in [0.5, 0.6) is 0 Å². The number of benzene rings is 1. The van der Waals surface area contributed by atoms with E-state index in [-0.39, 0.29) is 12.0 Å². The first-order valence-corrected chi connectivity index (χ1v) is 8.60. The van der Waals surface area contributed by atoms with Gasteiger partial charge < -0.3 is 15.5 Å². The maximum absolute atomic E-state index is 12.9. The summed E-state index contributed by atoms with van der Waals surface area (Å²) in [5, 5.41) is 6.80. The highest BCUT2D eigenvalue weighted by Crippen LogP contribution is 2.26. The number of amides is 1. The largest absolute Gasteiger partial charge is 0.333 e. The molecule has 2 aliphatic rings. The molecule has 2 aliphatic heterocycles. The molecule has 4 heteroatoms. The van der Waals surface area contributed by atoms with Gasteiger partial charge in [0.1, 0.15) is 0 Å². The second-order valence-corrected chi connectivity index (χ2v) is 6.39.